The molecule has 0 spiro atoms. The van der Waals surface area contributed by atoms with Crippen molar-refractivity contribution in [3.63, 3.8) is 0 Å². The van der Waals surface area contributed by atoms with Gasteiger partial charge in [0.25, 0.3) is 0 Å². The lowest BCUT2D eigenvalue weighted by atomic mass is 10.0. The Morgan fingerprint density at radius 1 is 1.09 bits per heavy atom. The summed E-state index contributed by atoms with van der Waals surface area (Å²) >= 11 is 5.99. The lowest BCUT2D eigenvalue weighted by molar-refractivity contribution is -0.141. The number of halogens is 1. The first kappa shape index (κ1) is 26.8. The van der Waals surface area contributed by atoms with Gasteiger partial charge in [-0.05, 0) is 29.7 Å². The van der Waals surface area contributed by atoms with Crippen molar-refractivity contribution >= 4 is 33.4 Å². The average Bonchev–Trinajstić information content (AvgIpc) is 2.77. The number of methoxy groups -OCH3 is 1. The molecule has 0 unspecified atom stereocenters. The van der Waals surface area contributed by atoms with E-state index in [0.29, 0.717) is 30.2 Å². The Kier molecular flexibility index (Phi) is 10.3. The molecule has 2 amide bonds. The molecule has 10 heteroatoms. The minimum Gasteiger partial charge on any atom is -0.385 e. The van der Waals surface area contributed by atoms with Gasteiger partial charge in [-0.1, -0.05) is 54.1 Å². The molecule has 0 saturated carbocycles. The number of amides is 2. The van der Waals surface area contributed by atoms with E-state index in [-0.39, 0.29) is 12.5 Å². The fourth-order valence-electron chi connectivity index (χ4n) is 3.14. The fourth-order valence-corrected chi connectivity index (χ4v) is 3.61. The molecule has 0 fully saturated rings. The van der Waals surface area contributed by atoms with E-state index >= 15 is 0 Å². The predicted molar refractivity (Wildman–Crippen MR) is 128 cm³/mol. The molecule has 0 aromatic heterocycles. The largest absolute Gasteiger partial charge is 0.385 e. The standard InChI is InChI=1S/C23H30ClN3O5S/c1-26(33(3,30)31)17-21(28)27(16-18-10-12-20(24)13-11-18)22(19-8-5-4-6-9-19)23(29)25-14-7-15-32-2/h4-6,8-13,22H,7,14-17H2,1-3H3,(H,25,29)/t22-/m1/s1. The van der Waals surface area contributed by atoms with Crippen LogP contribution in [0.15, 0.2) is 54.6 Å². The smallest absolute Gasteiger partial charge is 0.247 e. The highest BCUT2D eigenvalue weighted by Gasteiger charge is 2.32. The quantitative estimate of drug-likeness (QED) is 0.456. The van der Waals surface area contributed by atoms with E-state index < -0.39 is 28.5 Å². The zero-order valence-corrected chi connectivity index (χ0v) is 20.6. The van der Waals surface area contributed by atoms with Gasteiger partial charge >= 0.3 is 0 Å². The van der Waals surface area contributed by atoms with Crippen molar-refractivity contribution in [2.24, 2.45) is 0 Å². The van der Waals surface area contributed by atoms with Gasteiger partial charge < -0.3 is 15.0 Å². The van der Waals surface area contributed by atoms with Crippen LogP contribution in [0.1, 0.15) is 23.6 Å². The summed E-state index contributed by atoms with van der Waals surface area (Å²) in [6.45, 7) is 0.566. The van der Waals surface area contributed by atoms with Crippen LogP contribution in [-0.2, 0) is 30.9 Å². The van der Waals surface area contributed by atoms with Crippen LogP contribution in [0.2, 0.25) is 5.02 Å². The second-order valence-electron chi connectivity index (χ2n) is 7.62. The Hall–Kier alpha value is -2.46. The van der Waals surface area contributed by atoms with Crippen molar-refractivity contribution in [3.8, 4) is 0 Å². The molecule has 0 aliphatic rings. The summed E-state index contributed by atoms with van der Waals surface area (Å²) in [5.74, 6) is -0.861. The molecule has 0 saturated heterocycles. The number of nitrogens with one attached hydrogen (secondary N) is 1. The van der Waals surface area contributed by atoms with E-state index in [2.05, 4.69) is 5.32 Å². The van der Waals surface area contributed by atoms with Crippen molar-refractivity contribution in [2.75, 3.05) is 40.1 Å². The lowest BCUT2D eigenvalue weighted by Gasteiger charge is -2.32. The molecule has 0 aliphatic carbocycles. The third kappa shape index (κ3) is 8.43. The summed E-state index contributed by atoms with van der Waals surface area (Å²) in [4.78, 5) is 28.0. The molecule has 8 nitrogen and oxygen atoms in total. The van der Waals surface area contributed by atoms with E-state index in [9.17, 15) is 18.0 Å². The zero-order valence-electron chi connectivity index (χ0n) is 19.0. The molecule has 1 N–H and O–H groups in total. The molecule has 2 rings (SSSR count). The van der Waals surface area contributed by atoms with Crippen LogP contribution in [0, 0.1) is 0 Å². The van der Waals surface area contributed by atoms with Crippen LogP contribution in [0.4, 0.5) is 0 Å². The molecular weight excluding hydrogens is 466 g/mol. The van der Waals surface area contributed by atoms with Crippen LogP contribution in [0.3, 0.4) is 0 Å². The normalized spacial score (nSPS) is 12.4. The Labute approximate surface area is 200 Å². The summed E-state index contributed by atoms with van der Waals surface area (Å²) in [7, 11) is -0.675. The zero-order chi connectivity index (χ0) is 24.4. The number of hydrogen-bond acceptors (Lipinski definition) is 5. The van der Waals surface area contributed by atoms with Crippen LogP contribution >= 0.6 is 11.6 Å². The second-order valence-corrected chi connectivity index (χ2v) is 10.1. The SMILES string of the molecule is COCCCNC(=O)[C@@H](c1ccccc1)N(Cc1ccc(Cl)cc1)C(=O)CN(C)S(C)(=O)=O. The maximum atomic E-state index is 13.4. The first-order valence-corrected chi connectivity index (χ1v) is 12.6. The number of benzene rings is 2. The maximum Gasteiger partial charge on any atom is 0.247 e. The first-order chi connectivity index (χ1) is 15.6. The number of carbonyl (C=O) groups is 2. The van der Waals surface area contributed by atoms with Gasteiger partial charge in [-0.25, -0.2) is 8.42 Å². The number of carbonyl (C=O) groups excluding carboxylic acids is 2. The number of rotatable bonds is 12. The average molecular weight is 496 g/mol. The van der Waals surface area contributed by atoms with Crippen molar-refractivity contribution < 1.29 is 22.7 Å². The Balaban J connectivity index is 2.42. The Morgan fingerprint density at radius 2 is 1.73 bits per heavy atom. The summed E-state index contributed by atoms with van der Waals surface area (Å²) < 4.78 is 29.8. The molecule has 0 radical (unpaired) electrons. The minimum absolute atomic E-state index is 0.0959. The summed E-state index contributed by atoms with van der Waals surface area (Å²) in [5, 5.41) is 3.41. The molecule has 0 aliphatic heterocycles. The predicted octanol–water partition coefficient (Wildman–Crippen LogP) is 2.45. The number of hydrogen-bond donors (Lipinski definition) is 1. The van der Waals surface area contributed by atoms with Gasteiger partial charge in [-0.15, -0.1) is 0 Å². The van der Waals surface area contributed by atoms with E-state index in [0.717, 1.165) is 16.1 Å². The molecule has 2 aromatic rings. The van der Waals surface area contributed by atoms with E-state index in [4.69, 9.17) is 16.3 Å². The van der Waals surface area contributed by atoms with Crippen molar-refractivity contribution in [1.82, 2.24) is 14.5 Å². The molecule has 0 heterocycles. The lowest BCUT2D eigenvalue weighted by Crippen LogP contribution is -2.47. The summed E-state index contributed by atoms with van der Waals surface area (Å²) in [6.07, 6.45) is 1.65. The topological polar surface area (TPSA) is 96.0 Å². The van der Waals surface area contributed by atoms with E-state index in [1.807, 2.05) is 6.07 Å². The minimum atomic E-state index is -3.59. The van der Waals surface area contributed by atoms with Crippen LogP contribution in [0.25, 0.3) is 0 Å². The number of nitrogens with zero attached hydrogens (tertiary/aromatic N) is 2. The van der Waals surface area contributed by atoms with Gasteiger partial charge in [-0.3, -0.25) is 9.59 Å². The summed E-state index contributed by atoms with van der Waals surface area (Å²) in [5.41, 5.74) is 1.37. The Bertz CT molecular complexity index is 1020. The molecule has 1 atom stereocenters. The molecule has 33 heavy (non-hydrogen) atoms. The van der Waals surface area contributed by atoms with Crippen LogP contribution in [-0.4, -0.2) is 69.5 Å². The highest BCUT2D eigenvalue weighted by Crippen LogP contribution is 2.25. The van der Waals surface area contributed by atoms with Gasteiger partial charge in [0, 0.05) is 38.9 Å². The third-order valence-electron chi connectivity index (χ3n) is 5.01. The second kappa shape index (κ2) is 12.7. The van der Waals surface area contributed by atoms with E-state index in [1.165, 1.54) is 11.9 Å². The van der Waals surface area contributed by atoms with Crippen molar-refractivity contribution in [1.29, 1.82) is 0 Å². The first-order valence-electron chi connectivity index (χ1n) is 10.4. The van der Waals surface area contributed by atoms with Gasteiger partial charge in [0.15, 0.2) is 0 Å². The summed E-state index contributed by atoms with van der Waals surface area (Å²) in [6, 6.07) is 14.9. The molecule has 2 aromatic carbocycles. The highest BCUT2D eigenvalue weighted by atomic mass is 35.5. The van der Waals surface area contributed by atoms with Crippen LogP contribution in [0.5, 0.6) is 0 Å². The van der Waals surface area contributed by atoms with Gasteiger partial charge in [0.1, 0.15) is 6.04 Å². The van der Waals surface area contributed by atoms with E-state index in [1.54, 1.807) is 55.6 Å². The fraction of sp³-hybridized carbons (Fsp3) is 0.391. The van der Waals surface area contributed by atoms with Crippen LogP contribution < -0.4 is 5.32 Å². The van der Waals surface area contributed by atoms with Gasteiger partial charge in [0.2, 0.25) is 21.8 Å². The molecule has 0 bridgehead atoms. The number of sulfonamides is 1. The highest BCUT2D eigenvalue weighted by molar-refractivity contribution is 7.88. The molecule has 180 valence electrons. The monoisotopic (exact) mass is 495 g/mol. The number of ether oxygens (including phenoxy) is 1. The van der Waals surface area contributed by atoms with Gasteiger partial charge in [0.05, 0.1) is 12.8 Å². The van der Waals surface area contributed by atoms with Crippen molar-refractivity contribution in [2.45, 2.75) is 19.0 Å². The maximum absolute atomic E-state index is 13.4. The molecular formula is C23H30ClN3O5S. The Morgan fingerprint density at radius 3 is 2.30 bits per heavy atom. The third-order valence-corrected chi connectivity index (χ3v) is 6.52. The van der Waals surface area contributed by atoms with Gasteiger partial charge in [-0.2, -0.15) is 4.31 Å². The number of likely N-dealkylation sites (N-methyl/N-ethyl adjacent to an activating group) is 1. The van der Waals surface area contributed by atoms with Crippen molar-refractivity contribution in [3.05, 3.63) is 70.7 Å².